The predicted octanol–water partition coefficient (Wildman–Crippen LogP) is 3.03. The maximum absolute atomic E-state index is 13.5. The number of hydrogen-bond donors (Lipinski definition) is 3. The van der Waals surface area contributed by atoms with Crippen molar-refractivity contribution in [1.29, 1.82) is 0 Å². The van der Waals surface area contributed by atoms with Crippen LogP contribution in [-0.4, -0.2) is 94.4 Å². The van der Waals surface area contributed by atoms with Gasteiger partial charge in [-0.1, -0.05) is 11.6 Å². The van der Waals surface area contributed by atoms with Gasteiger partial charge in [0.25, 0.3) is 5.91 Å². The number of halogens is 1. The van der Waals surface area contributed by atoms with Crippen LogP contribution in [-0.2, 0) is 32.0 Å². The number of likely N-dealkylation sites (N-methyl/N-ethyl adjacent to an activating group) is 1. The summed E-state index contributed by atoms with van der Waals surface area (Å²) in [7, 11) is 5.06. The van der Waals surface area contributed by atoms with Gasteiger partial charge in [-0.2, -0.15) is 0 Å². The van der Waals surface area contributed by atoms with E-state index in [9.17, 15) is 24.0 Å². The SMILES string of the molecule is CN(C)C(=O)[C@H]1CC[C@H](NC(=O)C(=O)Nc2ccc(Cl)cn2)[C@H](NC(=O)c2nc3c(s2)CC(N(C)C(=O)OC(C)(C)C)CC3)C1. The van der Waals surface area contributed by atoms with Crippen LogP contribution < -0.4 is 16.0 Å². The van der Waals surface area contributed by atoms with Gasteiger partial charge in [0.1, 0.15) is 11.4 Å². The molecule has 244 valence electrons. The number of ether oxygens (including phenoxy) is 1. The van der Waals surface area contributed by atoms with Gasteiger partial charge in [-0.15, -0.1) is 11.3 Å². The minimum atomic E-state index is -0.917. The van der Waals surface area contributed by atoms with Crippen molar-refractivity contribution in [2.45, 2.75) is 83.0 Å². The summed E-state index contributed by atoms with van der Waals surface area (Å²) in [6, 6.07) is 1.69. The lowest BCUT2D eigenvalue weighted by Crippen LogP contribution is -2.57. The summed E-state index contributed by atoms with van der Waals surface area (Å²) in [5.74, 6) is -2.51. The Balaban J connectivity index is 1.44. The second-order valence-electron chi connectivity index (χ2n) is 12.6. The summed E-state index contributed by atoms with van der Waals surface area (Å²) in [5.41, 5.74) is 0.214. The quantitative estimate of drug-likeness (QED) is 0.398. The molecule has 2 aromatic rings. The van der Waals surface area contributed by atoms with Crippen molar-refractivity contribution in [2.24, 2.45) is 5.92 Å². The molecule has 1 fully saturated rings. The third-order valence-electron chi connectivity index (χ3n) is 7.79. The summed E-state index contributed by atoms with van der Waals surface area (Å²) in [6.45, 7) is 5.46. The first-order chi connectivity index (χ1) is 21.1. The summed E-state index contributed by atoms with van der Waals surface area (Å²) < 4.78 is 5.52. The van der Waals surface area contributed by atoms with E-state index in [1.807, 2.05) is 20.8 Å². The van der Waals surface area contributed by atoms with Crippen molar-refractivity contribution < 1.29 is 28.7 Å². The fraction of sp³-hybridized carbons (Fsp3) is 0.567. The average Bonchev–Trinajstić information content (AvgIpc) is 3.41. The van der Waals surface area contributed by atoms with Crippen LogP contribution in [0.2, 0.25) is 5.02 Å². The average molecular weight is 662 g/mol. The summed E-state index contributed by atoms with van der Waals surface area (Å²) >= 11 is 7.10. The highest BCUT2D eigenvalue weighted by atomic mass is 35.5. The van der Waals surface area contributed by atoms with E-state index in [1.165, 1.54) is 34.6 Å². The van der Waals surface area contributed by atoms with E-state index in [0.717, 1.165) is 10.6 Å². The summed E-state index contributed by atoms with van der Waals surface area (Å²) in [4.78, 5) is 76.9. The Morgan fingerprint density at radius 2 is 1.73 bits per heavy atom. The highest BCUT2D eigenvalue weighted by Gasteiger charge is 2.38. The first-order valence-corrected chi connectivity index (χ1v) is 16.0. The Kier molecular flexibility index (Phi) is 10.7. The van der Waals surface area contributed by atoms with E-state index in [-0.39, 0.29) is 35.1 Å². The zero-order chi connectivity index (χ0) is 33.1. The molecule has 13 nitrogen and oxygen atoms in total. The van der Waals surface area contributed by atoms with Gasteiger partial charge in [0, 0.05) is 56.6 Å². The number of carbonyl (C=O) groups excluding carboxylic acids is 5. The zero-order valence-electron chi connectivity index (χ0n) is 26.3. The Morgan fingerprint density at radius 3 is 2.38 bits per heavy atom. The molecule has 45 heavy (non-hydrogen) atoms. The third-order valence-corrected chi connectivity index (χ3v) is 9.13. The molecule has 15 heteroatoms. The molecule has 5 amide bonds. The summed E-state index contributed by atoms with van der Waals surface area (Å²) in [5, 5.41) is 8.78. The van der Waals surface area contributed by atoms with E-state index < -0.39 is 41.5 Å². The number of thiazole rings is 1. The fourth-order valence-electron chi connectivity index (χ4n) is 5.45. The minimum Gasteiger partial charge on any atom is -0.444 e. The number of aromatic nitrogens is 2. The van der Waals surface area contributed by atoms with E-state index in [0.29, 0.717) is 37.1 Å². The molecule has 3 N–H and O–H groups in total. The van der Waals surface area contributed by atoms with Gasteiger partial charge in [-0.05, 0) is 65.0 Å². The molecule has 0 bridgehead atoms. The molecule has 0 saturated heterocycles. The van der Waals surface area contributed by atoms with Gasteiger partial charge in [0.05, 0.1) is 16.8 Å². The number of fused-ring (bicyclic) bond motifs is 1. The Bertz CT molecular complexity index is 1440. The molecule has 2 heterocycles. The molecule has 2 aliphatic rings. The smallest absolute Gasteiger partial charge is 0.410 e. The van der Waals surface area contributed by atoms with Crippen LogP contribution >= 0.6 is 22.9 Å². The molecule has 4 atom stereocenters. The Labute approximate surface area is 271 Å². The minimum absolute atomic E-state index is 0.0737. The first-order valence-electron chi connectivity index (χ1n) is 14.8. The lowest BCUT2D eigenvalue weighted by Gasteiger charge is -2.37. The number of nitrogens with zero attached hydrogens (tertiary/aromatic N) is 4. The normalized spacial score (nSPS) is 21.1. The lowest BCUT2D eigenvalue weighted by molar-refractivity contribution is -0.137. The van der Waals surface area contributed by atoms with Gasteiger partial charge in [0.2, 0.25) is 5.91 Å². The second-order valence-corrected chi connectivity index (χ2v) is 14.1. The van der Waals surface area contributed by atoms with E-state index in [1.54, 1.807) is 26.0 Å². The molecule has 1 saturated carbocycles. The van der Waals surface area contributed by atoms with Crippen molar-refractivity contribution in [3.63, 3.8) is 0 Å². The number of hydrogen-bond acceptors (Lipinski definition) is 9. The second kappa shape index (κ2) is 14.1. The van der Waals surface area contributed by atoms with E-state index in [2.05, 4.69) is 25.9 Å². The maximum Gasteiger partial charge on any atom is 0.410 e. The van der Waals surface area contributed by atoms with Gasteiger partial charge in [0.15, 0.2) is 5.01 Å². The monoisotopic (exact) mass is 661 g/mol. The van der Waals surface area contributed by atoms with Crippen LogP contribution in [0.5, 0.6) is 0 Å². The van der Waals surface area contributed by atoms with E-state index >= 15 is 0 Å². The topological polar surface area (TPSA) is 163 Å². The molecular weight excluding hydrogens is 622 g/mol. The molecule has 0 aliphatic heterocycles. The predicted molar refractivity (Wildman–Crippen MR) is 169 cm³/mol. The number of carbonyl (C=O) groups is 5. The van der Waals surface area contributed by atoms with Gasteiger partial charge in [-0.25, -0.2) is 14.8 Å². The van der Waals surface area contributed by atoms with Gasteiger partial charge in [-0.3, -0.25) is 19.2 Å². The van der Waals surface area contributed by atoms with Gasteiger partial charge < -0.3 is 30.5 Å². The third kappa shape index (κ3) is 8.91. The largest absolute Gasteiger partial charge is 0.444 e. The van der Waals surface area contributed by atoms with Crippen LogP contribution in [0.25, 0.3) is 0 Å². The number of anilines is 1. The number of rotatable bonds is 6. The van der Waals surface area contributed by atoms with Crippen molar-refractivity contribution in [3.8, 4) is 0 Å². The molecule has 0 aromatic carbocycles. The van der Waals surface area contributed by atoms with Crippen LogP contribution in [0.3, 0.4) is 0 Å². The molecule has 1 unspecified atom stereocenters. The molecule has 0 spiro atoms. The van der Waals surface area contributed by atoms with Crippen molar-refractivity contribution in [2.75, 3.05) is 26.5 Å². The van der Waals surface area contributed by atoms with Crippen molar-refractivity contribution >= 4 is 58.5 Å². The fourth-order valence-corrected chi connectivity index (χ4v) is 6.64. The van der Waals surface area contributed by atoms with Crippen LogP contribution in [0.1, 0.15) is 66.8 Å². The first kappa shape index (κ1) is 34.1. The lowest BCUT2D eigenvalue weighted by atomic mass is 9.81. The number of aryl methyl sites for hydroxylation is 1. The highest BCUT2D eigenvalue weighted by molar-refractivity contribution is 7.13. The zero-order valence-corrected chi connectivity index (χ0v) is 27.9. The molecule has 0 radical (unpaired) electrons. The Hall–Kier alpha value is -3.78. The number of amides is 5. The van der Waals surface area contributed by atoms with Crippen LogP contribution in [0.15, 0.2) is 18.3 Å². The highest BCUT2D eigenvalue weighted by Crippen LogP contribution is 2.31. The molecule has 4 rings (SSSR count). The summed E-state index contributed by atoms with van der Waals surface area (Å²) in [6.07, 6.45) is 3.93. The molecule has 2 aliphatic carbocycles. The molecular formula is C30H40ClN7O6S. The molecule has 2 aromatic heterocycles. The Morgan fingerprint density at radius 1 is 1.00 bits per heavy atom. The van der Waals surface area contributed by atoms with Crippen molar-refractivity contribution in [3.05, 3.63) is 38.9 Å². The van der Waals surface area contributed by atoms with E-state index in [4.69, 9.17) is 16.3 Å². The standard InChI is InChI=1S/C30H40ClN7O6S/c1-30(2,3)44-29(43)38(6)18-9-11-20-22(14-18)45-27(35-20)26(41)34-21-13-16(28(42)37(4)5)7-10-19(21)33-24(39)25(40)36-23-12-8-17(31)15-32-23/h8,12,15-16,18-19,21H,7,9-11,13-14H2,1-6H3,(H,33,39)(H,34,41)(H,32,36,40)/t16-,18?,19-,21+/m0/s1. The number of pyridine rings is 1. The maximum atomic E-state index is 13.5. The van der Waals surface area contributed by atoms with Crippen LogP contribution in [0.4, 0.5) is 10.6 Å². The van der Waals surface area contributed by atoms with Gasteiger partial charge >= 0.3 is 17.9 Å². The van der Waals surface area contributed by atoms with Crippen molar-refractivity contribution in [1.82, 2.24) is 30.4 Å². The van der Waals surface area contributed by atoms with Crippen LogP contribution in [0, 0.1) is 5.92 Å². The number of nitrogens with one attached hydrogen (secondary N) is 3.